The Bertz CT molecular complexity index is 668. The minimum atomic E-state index is -0.174. The number of aliphatic hydroxyl groups excluding tert-OH is 1. The van der Waals surface area contributed by atoms with E-state index >= 15 is 0 Å². The summed E-state index contributed by atoms with van der Waals surface area (Å²) in [6, 6.07) is 3.59. The highest BCUT2D eigenvalue weighted by atomic mass is 32.1. The molecule has 0 aliphatic heterocycles. The molecule has 0 spiro atoms. The number of nitrogens with zero attached hydrogens (tertiary/aromatic N) is 1. The minimum Gasteiger partial charge on any atom is -0.395 e. The monoisotopic (exact) mass is 286 g/mol. The molecule has 0 saturated carbocycles. The lowest BCUT2D eigenvalue weighted by Gasteiger charge is -2.05. The van der Waals surface area contributed by atoms with Crippen molar-refractivity contribution in [2.24, 2.45) is 0 Å². The Kier molecular flexibility index (Phi) is 4.88. The summed E-state index contributed by atoms with van der Waals surface area (Å²) in [7, 11) is 0. The normalized spacial score (nSPS) is 9.70. The summed E-state index contributed by atoms with van der Waals surface area (Å²) in [6.07, 6.45) is 3.75. The number of anilines is 1. The topological polar surface area (TPSA) is 62.2 Å². The van der Waals surface area contributed by atoms with Crippen molar-refractivity contribution in [1.29, 1.82) is 0 Å². The Balaban J connectivity index is 2.07. The molecule has 20 heavy (non-hydrogen) atoms. The van der Waals surface area contributed by atoms with Gasteiger partial charge in [0.05, 0.1) is 28.9 Å². The molecule has 0 aliphatic rings. The molecule has 5 heteroatoms. The molecule has 0 fully saturated rings. The van der Waals surface area contributed by atoms with Crippen LogP contribution in [0.15, 0.2) is 29.9 Å². The summed E-state index contributed by atoms with van der Waals surface area (Å²) in [5.74, 6) is 5.57. The van der Waals surface area contributed by atoms with Crippen molar-refractivity contribution in [3.05, 3.63) is 45.9 Å². The van der Waals surface area contributed by atoms with Gasteiger partial charge in [0.1, 0.15) is 0 Å². The number of pyridine rings is 1. The van der Waals surface area contributed by atoms with E-state index in [1.807, 2.05) is 13.0 Å². The fourth-order valence-corrected chi connectivity index (χ4v) is 2.27. The zero-order chi connectivity index (χ0) is 14.4. The molecule has 2 aromatic heterocycles. The first-order valence-electron chi connectivity index (χ1n) is 6.11. The number of carbonyl (C=O) groups is 1. The number of aryl methyl sites for hydroxylation is 1. The van der Waals surface area contributed by atoms with E-state index in [1.165, 1.54) is 11.3 Å². The van der Waals surface area contributed by atoms with Crippen LogP contribution in [-0.4, -0.2) is 22.6 Å². The van der Waals surface area contributed by atoms with E-state index in [0.717, 1.165) is 10.4 Å². The van der Waals surface area contributed by atoms with Gasteiger partial charge in [-0.25, -0.2) is 0 Å². The molecule has 2 N–H and O–H groups in total. The van der Waals surface area contributed by atoms with Crippen molar-refractivity contribution in [2.45, 2.75) is 13.3 Å². The van der Waals surface area contributed by atoms with Crippen molar-refractivity contribution in [3.63, 3.8) is 0 Å². The van der Waals surface area contributed by atoms with Gasteiger partial charge >= 0.3 is 0 Å². The van der Waals surface area contributed by atoms with Gasteiger partial charge in [-0.1, -0.05) is 11.8 Å². The quantitative estimate of drug-likeness (QED) is 0.852. The Morgan fingerprint density at radius 2 is 2.40 bits per heavy atom. The number of aromatic nitrogens is 1. The average Bonchev–Trinajstić information content (AvgIpc) is 2.91. The number of aliphatic hydroxyl groups is 1. The SMILES string of the molecule is Cc1ccncc1NC(=O)c1csc(C#CCCO)c1. The summed E-state index contributed by atoms with van der Waals surface area (Å²) < 4.78 is 0. The molecule has 0 bridgehead atoms. The molecule has 102 valence electrons. The van der Waals surface area contributed by atoms with Gasteiger partial charge in [0.2, 0.25) is 0 Å². The van der Waals surface area contributed by atoms with Gasteiger partial charge in [0.25, 0.3) is 5.91 Å². The third kappa shape index (κ3) is 3.67. The molecule has 0 aliphatic carbocycles. The van der Waals surface area contributed by atoms with Crippen LogP contribution in [0.2, 0.25) is 0 Å². The maximum atomic E-state index is 12.1. The first kappa shape index (κ1) is 14.3. The van der Waals surface area contributed by atoms with E-state index in [2.05, 4.69) is 22.1 Å². The van der Waals surface area contributed by atoms with Crippen LogP contribution in [-0.2, 0) is 0 Å². The van der Waals surface area contributed by atoms with E-state index < -0.39 is 0 Å². The molecule has 0 radical (unpaired) electrons. The average molecular weight is 286 g/mol. The third-order valence-electron chi connectivity index (χ3n) is 2.60. The number of hydrogen-bond donors (Lipinski definition) is 2. The Morgan fingerprint density at radius 1 is 1.55 bits per heavy atom. The second-order valence-electron chi connectivity index (χ2n) is 4.12. The zero-order valence-electron chi connectivity index (χ0n) is 11.0. The molecule has 0 saturated heterocycles. The van der Waals surface area contributed by atoms with Gasteiger partial charge in [0, 0.05) is 18.0 Å². The number of thiophene rings is 1. The fraction of sp³-hybridized carbons (Fsp3) is 0.200. The van der Waals surface area contributed by atoms with Crippen molar-refractivity contribution in [3.8, 4) is 11.8 Å². The number of amides is 1. The number of rotatable bonds is 3. The second-order valence-corrected chi connectivity index (χ2v) is 5.03. The van der Waals surface area contributed by atoms with E-state index in [-0.39, 0.29) is 12.5 Å². The predicted octanol–water partition coefficient (Wildman–Crippen LogP) is 2.44. The van der Waals surface area contributed by atoms with Gasteiger partial charge < -0.3 is 10.4 Å². The van der Waals surface area contributed by atoms with E-state index in [1.54, 1.807) is 23.8 Å². The van der Waals surface area contributed by atoms with Gasteiger partial charge in [-0.15, -0.1) is 11.3 Å². The molecule has 2 heterocycles. The van der Waals surface area contributed by atoms with Gasteiger partial charge in [0.15, 0.2) is 0 Å². The minimum absolute atomic E-state index is 0.0476. The molecule has 2 rings (SSSR count). The number of hydrogen-bond acceptors (Lipinski definition) is 4. The van der Waals surface area contributed by atoms with Crippen molar-refractivity contribution >= 4 is 22.9 Å². The maximum Gasteiger partial charge on any atom is 0.256 e. The van der Waals surface area contributed by atoms with Gasteiger partial charge in [-0.3, -0.25) is 9.78 Å². The van der Waals surface area contributed by atoms with E-state index in [4.69, 9.17) is 5.11 Å². The Morgan fingerprint density at radius 3 is 3.15 bits per heavy atom. The first-order valence-corrected chi connectivity index (χ1v) is 6.99. The van der Waals surface area contributed by atoms with Crippen LogP contribution in [0, 0.1) is 18.8 Å². The summed E-state index contributed by atoms with van der Waals surface area (Å²) in [5.41, 5.74) is 2.25. The smallest absolute Gasteiger partial charge is 0.256 e. The Labute approximate surface area is 121 Å². The maximum absolute atomic E-state index is 12.1. The van der Waals surface area contributed by atoms with Crippen molar-refractivity contribution in [2.75, 3.05) is 11.9 Å². The number of carbonyl (C=O) groups excluding carboxylic acids is 1. The molecule has 0 aromatic carbocycles. The summed E-state index contributed by atoms with van der Waals surface area (Å²) in [5, 5.41) is 13.3. The summed E-state index contributed by atoms with van der Waals surface area (Å²) in [6.45, 7) is 1.96. The number of nitrogens with one attached hydrogen (secondary N) is 1. The molecular weight excluding hydrogens is 272 g/mol. The van der Waals surface area contributed by atoms with Crippen LogP contribution < -0.4 is 5.32 Å². The zero-order valence-corrected chi connectivity index (χ0v) is 11.8. The lowest BCUT2D eigenvalue weighted by Crippen LogP contribution is -2.11. The summed E-state index contributed by atoms with van der Waals surface area (Å²) >= 11 is 1.41. The molecule has 2 aromatic rings. The molecule has 0 unspecified atom stereocenters. The van der Waals surface area contributed by atoms with Crippen LogP contribution in [0.25, 0.3) is 0 Å². The van der Waals surface area contributed by atoms with Crippen molar-refractivity contribution < 1.29 is 9.90 Å². The highest BCUT2D eigenvalue weighted by Gasteiger charge is 2.09. The van der Waals surface area contributed by atoms with Crippen LogP contribution >= 0.6 is 11.3 Å². The van der Waals surface area contributed by atoms with Crippen molar-refractivity contribution in [1.82, 2.24) is 4.98 Å². The summed E-state index contributed by atoms with van der Waals surface area (Å²) in [4.78, 5) is 16.9. The van der Waals surface area contributed by atoms with Crippen LogP contribution in [0.4, 0.5) is 5.69 Å². The highest BCUT2D eigenvalue weighted by molar-refractivity contribution is 7.10. The Hall–Kier alpha value is -2.16. The lowest BCUT2D eigenvalue weighted by molar-refractivity contribution is 0.102. The largest absolute Gasteiger partial charge is 0.395 e. The van der Waals surface area contributed by atoms with Gasteiger partial charge in [-0.2, -0.15) is 0 Å². The molecule has 1 amide bonds. The van der Waals surface area contributed by atoms with Crippen LogP contribution in [0.3, 0.4) is 0 Å². The van der Waals surface area contributed by atoms with Gasteiger partial charge in [-0.05, 0) is 24.6 Å². The predicted molar refractivity (Wildman–Crippen MR) is 79.8 cm³/mol. The lowest BCUT2D eigenvalue weighted by atomic mass is 10.2. The first-order chi connectivity index (χ1) is 9.70. The molecular formula is C15H14N2O2S. The molecule has 4 nitrogen and oxygen atoms in total. The van der Waals surface area contributed by atoms with E-state index in [0.29, 0.717) is 17.7 Å². The second kappa shape index (κ2) is 6.85. The third-order valence-corrected chi connectivity index (χ3v) is 3.44. The standard InChI is InChI=1S/C15H14N2O2S/c1-11-5-6-16-9-14(11)17-15(19)12-8-13(20-10-12)4-2-3-7-18/h5-6,8-10,18H,3,7H2,1H3,(H,17,19). The molecule has 0 atom stereocenters. The van der Waals surface area contributed by atoms with E-state index in [9.17, 15) is 4.79 Å². The van der Waals surface area contributed by atoms with Crippen LogP contribution in [0.1, 0.15) is 27.2 Å². The van der Waals surface area contributed by atoms with Crippen LogP contribution in [0.5, 0.6) is 0 Å². The fourth-order valence-electron chi connectivity index (χ4n) is 1.52. The highest BCUT2D eigenvalue weighted by Crippen LogP contribution is 2.17.